The van der Waals surface area contributed by atoms with Gasteiger partial charge in [-0.3, -0.25) is 14.9 Å². The summed E-state index contributed by atoms with van der Waals surface area (Å²) in [5.74, 6) is 0.736. The third kappa shape index (κ3) is 7.90. The average molecular weight is 815 g/mol. The lowest BCUT2D eigenvalue weighted by Gasteiger charge is -2.28. The van der Waals surface area contributed by atoms with Gasteiger partial charge >= 0.3 is 0 Å². The van der Waals surface area contributed by atoms with Crippen LogP contribution in [0.1, 0.15) is 53.2 Å². The first-order valence-electron chi connectivity index (χ1n) is 19.7. The Hall–Kier alpha value is -6.45. The predicted octanol–water partition coefficient (Wildman–Crippen LogP) is 8.16. The molecule has 3 aliphatic heterocycles. The summed E-state index contributed by atoms with van der Waals surface area (Å²) in [5, 5.41) is 15.9. The van der Waals surface area contributed by atoms with Crippen molar-refractivity contribution < 1.29 is 32.3 Å². The first-order valence-corrected chi connectivity index (χ1v) is 21.2. The number of hydrogen-bond donors (Lipinski definition) is 3. The number of carbonyl (C=O) groups excluding carboxylic acids is 1. The van der Waals surface area contributed by atoms with Gasteiger partial charge in [-0.15, -0.1) is 0 Å². The normalized spacial score (nSPS) is 16.7. The summed E-state index contributed by atoms with van der Waals surface area (Å²) >= 11 is 0. The van der Waals surface area contributed by atoms with E-state index in [9.17, 15) is 23.3 Å². The Labute approximate surface area is 340 Å². The summed E-state index contributed by atoms with van der Waals surface area (Å²) in [4.78, 5) is 34.7. The van der Waals surface area contributed by atoms with Gasteiger partial charge in [0.25, 0.3) is 21.6 Å². The Morgan fingerprint density at radius 2 is 1.80 bits per heavy atom. The van der Waals surface area contributed by atoms with E-state index in [2.05, 4.69) is 55.2 Å². The molecular weight excluding hydrogens is 773 g/mol. The molecule has 0 saturated carbocycles. The number of aromatic nitrogens is 2. The molecule has 0 bridgehead atoms. The number of amides is 1. The van der Waals surface area contributed by atoms with Gasteiger partial charge in [0.05, 0.1) is 34.2 Å². The van der Waals surface area contributed by atoms with Crippen LogP contribution in [0.3, 0.4) is 0 Å². The highest BCUT2D eigenvalue weighted by Gasteiger charge is 2.31. The number of carbonyl (C=O) groups is 1. The molecule has 9 rings (SSSR count). The summed E-state index contributed by atoms with van der Waals surface area (Å²) in [6.07, 6.45) is 7.92. The average Bonchev–Trinajstić information content (AvgIpc) is 4.05. The van der Waals surface area contributed by atoms with Gasteiger partial charge in [0.1, 0.15) is 28.6 Å². The van der Waals surface area contributed by atoms with Gasteiger partial charge < -0.3 is 29.4 Å². The van der Waals surface area contributed by atoms with Crippen molar-refractivity contribution in [1.29, 1.82) is 0 Å². The predicted molar refractivity (Wildman–Crippen MR) is 223 cm³/mol. The Kier molecular flexibility index (Phi) is 10.4. The summed E-state index contributed by atoms with van der Waals surface area (Å²) in [5.41, 5.74) is 5.50. The van der Waals surface area contributed by atoms with Crippen molar-refractivity contribution in [3.05, 3.63) is 130 Å². The van der Waals surface area contributed by atoms with Crippen LogP contribution in [0.5, 0.6) is 17.2 Å². The molecule has 59 heavy (non-hydrogen) atoms. The monoisotopic (exact) mass is 814 g/mol. The molecule has 302 valence electrons. The first kappa shape index (κ1) is 38.1. The molecule has 4 aromatic carbocycles. The maximum atomic E-state index is 13.9. The smallest absolute Gasteiger partial charge is 0.293 e. The second-order valence-corrected chi connectivity index (χ2v) is 16.7. The van der Waals surface area contributed by atoms with Gasteiger partial charge in [-0.2, -0.15) is 0 Å². The SMILES string of the molecule is O=C(NS(=O)(=O)c1ccc(NCC2CCOCC2)c([N+](=O)[O-])c1)c1ccc(-c2ccc(N3CCCC3c3cccc4c3OCC4)cc2)cc1Oc1cnc2[nH]ccc2c1. The van der Waals surface area contributed by atoms with E-state index in [1.54, 1.807) is 24.4 Å². The molecule has 14 nitrogen and oxygen atoms in total. The van der Waals surface area contributed by atoms with Crippen LogP contribution in [0.15, 0.2) is 108 Å². The number of sulfonamides is 1. The highest BCUT2D eigenvalue weighted by Crippen LogP contribution is 2.43. The number of nitro groups is 1. The Morgan fingerprint density at radius 1 is 0.966 bits per heavy atom. The molecule has 2 aromatic heterocycles. The van der Waals surface area contributed by atoms with Crippen LogP contribution in [0.25, 0.3) is 22.2 Å². The molecule has 1 atom stereocenters. The number of pyridine rings is 1. The number of fused-ring (bicyclic) bond motifs is 2. The van der Waals surface area contributed by atoms with Crippen molar-refractivity contribution in [2.75, 3.05) is 43.1 Å². The lowest BCUT2D eigenvalue weighted by molar-refractivity contribution is -0.384. The third-order valence-electron chi connectivity index (χ3n) is 11.3. The number of nitrogens with zero attached hydrogens (tertiary/aromatic N) is 3. The van der Waals surface area contributed by atoms with Crippen molar-refractivity contribution in [3.8, 4) is 28.4 Å². The van der Waals surface area contributed by atoms with Gasteiger partial charge in [0.2, 0.25) is 0 Å². The van der Waals surface area contributed by atoms with E-state index < -0.39 is 31.4 Å². The van der Waals surface area contributed by atoms with Crippen molar-refractivity contribution in [2.45, 2.75) is 43.0 Å². The van der Waals surface area contributed by atoms with E-state index in [0.717, 1.165) is 72.7 Å². The van der Waals surface area contributed by atoms with E-state index in [-0.39, 0.29) is 29.0 Å². The van der Waals surface area contributed by atoms with E-state index in [1.807, 2.05) is 18.2 Å². The quantitative estimate of drug-likeness (QED) is 0.0802. The van der Waals surface area contributed by atoms with Crippen LogP contribution >= 0.6 is 0 Å². The number of anilines is 2. The van der Waals surface area contributed by atoms with Crippen molar-refractivity contribution in [1.82, 2.24) is 14.7 Å². The van der Waals surface area contributed by atoms with Crippen LogP contribution in [-0.4, -0.2) is 62.1 Å². The zero-order valence-electron chi connectivity index (χ0n) is 32.1. The van der Waals surface area contributed by atoms with E-state index in [4.69, 9.17) is 14.2 Å². The molecular formula is C44H42N6O8S. The molecule has 1 unspecified atom stereocenters. The molecule has 2 saturated heterocycles. The van der Waals surface area contributed by atoms with Gasteiger partial charge in [-0.05, 0) is 96.8 Å². The number of ether oxygens (including phenoxy) is 3. The van der Waals surface area contributed by atoms with Gasteiger partial charge in [-0.1, -0.05) is 36.4 Å². The van der Waals surface area contributed by atoms with Crippen LogP contribution in [-0.2, 0) is 21.2 Å². The topological polar surface area (TPSA) is 178 Å². The third-order valence-corrected chi connectivity index (χ3v) is 12.7. The van der Waals surface area contributed by atoms with Crippen LogP contribution in [0, 0.1) is 16.0 Å². The highest BCUT2D eigenvalue weighted by molar-refractivity contribution is 7.90. The molecule has 0 spiro atoms. The lowest BCUT2D eigenvalue weighted by atomic mass is 9.99. The fraction of sp³-hybridized carbons (Fsp3) is 0.273. The first-order chi connectivity index (χ1) is 28.7. The zero-order chi connectivity index (χ0) is 40.5. The van der Waals surface area contributed by atoms with Crippen LogP contribution < -0.4 is 24.4 Å². The summed E-state index contributed by atoms with van der Waals surface area (Å²) in [6, 6.07) is 26.9. The van der Waals surface area contributed by atoms with Crippen molar-refractivity contribution in [2.24, 2.45) is 5.92 Å². The number of nitrogens with one attached hydrogen (secondary N) is 3. The Bertz CT molecular complexity index is 2660. The number of rotatable bonds is 12. The molecule has 0 aliphatic carbocycles. The highest BCUT2D eigenvalue weighted by atomic mass is 32.2. The molecule has 3 N–H and O–H groups in total. The number of benzene rings is 4. The number of H-pyrrole nitrogens is 1. The minimum Gasteiger partial charge on any atom is -0.493 e. The van der Waals surface area contributed by atoms with E-state index in [1.165, 1.54) is 35.5 Å². The van der Waals surface area contributed by atoms with Gasteiger partial charge in [-0.25, -0.2) is 18.1 Å². The molecule has 0 radical (unpaired) electrons. The summed E-state index contributed by atoms with van der Waals surface area (Å²) in [6.45, 7) is 3.36. The van der Waals surface area contributed by atoms with Gasteiger partial charge in [0, 0.05) is 61.6 Å². The molecule has 1 amide bonds. The molecule has 6 aromatic rings. The largest absolute Gasteiger partial charge is 0.493 e. The van der Waals surface area contributed by atoms with E-state index >= 15 is 0 Å². The fourth-order valence-electron chi connectivity index (χ4n) is 8.24. The fourth-order valence-corrected chi connectivity index (χ4v) is 9.23. The van der Waals surface area contributed by atoms with Crippen LogP contribution in [0.2, 0.25) is 0 Å². The molecule has 3 aliphatic rings. The number of para-hydroxylation sites is 1. The molecule has 2 fully saturated rings. The summed E-state index contributed by atoms with van der Waals surface area (Å²) < 4.78 is 47.1. The minimum atomic E-state index is -4.56. The Balaban J connectivity index is 0.982. The number of hydrogen-bond acceptors (Lipinski definition) is 11. The lowest BCUT2D eigenvalue weighted by Crippen LogP contribution is -2.31. The Morgan fingerprint density at radius 3 is 2.63 bits per heavy atom. The number of aromatic amines is 1. The van der Waals surface area contributed by atoms with Crippen molar-refractivity contribution >= 4 is 44.0 Å². The molecule has 15 heteroatoms. The summed E-state index contributed by atoms with van der Waals surface area (Å²) in [7, 11) is -4.56. The van der Waals surface area contributed by atoms with Crippen molar-refractivity contribution in [3.63, 3.8) is 0 Å². The second-order valence-electron chi connectivity index (χ2n) is 15.0. The second kappa shape index (κ2) is 16.1. The van der Waals surface area contributed by atoms with Gasteiger partial charge in [0.15, 0.2) is 0 Å². The number of nitro benzene ring substituents is 1. The standard InChI is InChI=1S/C44H42N6O8S/c51-44(48-59(54,55)35-11-13-38(40(25-35)50(52)53)46-26-28-15-20-56-21-16-28)37-12-8-31(24-41(37)58-34-23-32-14-18-45-43(32)47-27-34)29-6-9-33(10-7-29)49-19-2-5-39(49)36-4-1-3-30-17-22-57-42(30)36/h1,3-4,6-14,18,23-25,27-28,39,46H,2,5,15-17,19-22,26H2,(H,45,47)(H,48,51). The maximum Gasteiger partial charge on any atom is 0.293 e. The van der Waals surface area contributed by atoms with E-state index in [0.29, 0.717) is 37.8 Å². The zero-order valence-corrected chi connectivity index (χ0v) is 32.9. The minimum absolute atomic E-state index is 0.0649. The van der Waals surface area contributed by atoms with Crippen LogP contribution in [0.4, 0.5) is 17.1 Å². The maximum absolute atomic E-state index is 13.9. The molecule has 5 heterocycles.